The Morgan fingerprint density at radius 1 is 1.16 bits per heavy atom. The molecule has 0 aliphatic heterocycles. The third-order valence-electron chi connectivity index (χ3n) is 4.44. The maximum absolute atomic E-state index is 12.2. The van der Waals surface area contributed by atoms with E-state index < -0.39 is 5.60 Å². The zero-order chi connectivity index (χ0) is 23.5. The number of hydrogen-bond acceptors (Lipinski definition) is 8. The Morgan fingerprint density at radius 3 is 2.53 bits per heavy atom. The van der Waals surface area contributed by atoms with Gasteiger partial charge in [0.05, 0.1) is 24.8 Å². The monoisotopic (exact) mass is 438 g/mol. The van der Waals surface area contributed by atoms with E-state index in [0.29, 0.717) is 17.5 Å². The largest absolute Gasteiger partial charge is 0.494 e. The van der Waals surface area contributed by atoms with E-state index in [9.17, 15) is 4.79 Å². The zero-order valence-electron chi connectivity index (χ0n) is 19.6. The highest BCUT2D eigenvalue weighted by molar-refractivity contribution is 5.75. The summed E-state index contributed by atoms with van der Waals surface area (Å²) in [4.78, 5) is 27.2. The maximum atomic E-state index is 12.2. The van der Waals surface area contributed by atoms with Crippen LogP contribution in [0.15, 0.2) is 36.8 Å². The molecule has 0 atom stereocenters. The topological polar surface area (TPSA) is 94.4 Å². The average molecular weight is 439 g/mol. The number of imidazole rings is 1. The van der Waals surface area contributed by atoms with Gasteiger partial charge >= 0.3 is 5.97 Å². The summed E-state index contributed by atoms with van der Waals surface area (Å²) in [5, 5.41) is 3.22. The van der Waals surface area contributed by atoms with Gasteiger partial charge in [0.2, 0.25) is 5.95 Å². The van der Waals surface area contributed by atoms with Crippen molar-refractivity contribution in [3.8, 4) is 11.4 Å². The van der Waals surface area contributed by atoms with Gasteiger partial charge in [-0.2, -0.15) is 4.98 Å². The fourth-order valence-electron chi connectivity index (χ4n) is 3.10. The number of benzene rings is 1. The fraction of sp³-hybridized carbons (Fsp3) is 0.391. The van der Waals surface area contributed by atoms with Crippen LogP contribution in [-0.2, 0) is 9.53 Å². The van der Waals surface area contributed by atoms with Crippen molar-refractivity contribution in [2.24, 2.45) is 0 Å². The number of aryl methyl sites for hydroxylation is 2. The van der Waals surface area contributed by atoms with Crippen molar-refractivity contribution >= 4 is 23.4 Å². The molecular weight excluding hydrogens is 408 g/mol. The van der Waals surface area contributed by atoms with E-state index in [0.717, 1.165) is 22.8 Å². The molecule has 0 unspecified atom stereocenters. The number of anilines is 3. The molecular formula is C23H30N6O3. The number of nitrogens with one attached hydrogen (secondary N) is 1. The van der Waals surface area contributed by atoms with Crippen molar-refractivity contribution in [1.29, 1.82) is 0 Å². The maximum Gasteiger partial charge on any atom is 0.326 e. The Morgan fingerprint density at radius 2 is 1.91 bits per heavy atom. The minimum atomic E-state index is -0.535. The number of esters is 1. The summed E-state index contributed by atoms with van der Waals surface area (Å²) < 4.78 is 12.9. The van der Waals surface area contributed by atoms with Gasteiger partial charge in [0.25, 0.3) is 0 Å². The summed E-state index contributed by atoms with van der Waals surface area (Å²) >= 11 is 0. The van der Waals surface area contributed by atoms with Gasteiger partial charge in [0, 0.05) is 36.8 Å². The van der Waals surface area contributed by atoms with Gasteiger partial charge in [0.15, 0.2) is 0 Å². The van der Waals surface area contributed by atoms with Crippen LogP contribution in [0.1, 0.15) is 32.2 Å². The lowest BCUT2D eigenvalue weighted by molar-refractivity contribution is -0.152. The molecule has 1 aromatic carbocycles. The number of aromatic nitrogens is 4. The molecule has 1 N–H and O–H groups in total. The summed E-state index contributed by atoms with van der Waals surface area (Å²) in [7, 11) is 3.42. The predicted octanol–water partition coefficient (Wildman–Crippen LogP) is 3.81. The van der Waals surface area contributed by atoms with Crippen LogP contribution in [0.2, 0.25) is 0 Å². The number of hydrogen-bond donors (Lipinski definition) is 1. The van der Waals surface area contributed by atoms with Gasteiger partial charge in [-0.3, -0.25) is 4.79 Å². The molecule has 0 aliphatic rings. The second kappa shape index (κ2) is 9.25. The predicted molar refractivity (Wildman–Crippen MR) is 124 cm³/mol. The molecule has 3 rings (SSSR count). The minimum absolute atomic E-state index is 0.0833. The van der Waals surface area contributed by atoms with Gasteiger partial charge in [-0.15, -0.1) is 0 Å². The van der Waals surface area contributed by atoms with E-state index in [2.05, 4.69) is 20.3 Å². The second-order valence-electron chi connectivity index (χ2n) is 8.57. The first-order valence-electron chi connectivity index (χ1n) is 10.3. The number of carbonyl (C=O) groups excluding carboxylic acids is 1. The van der Waals surface area contributed by atoms with Crippen LogP contribution in [0.25, 0.3) is 5.69 Å². The number of carbonyl (C=O) groups is 1. The van der Waals surface area contributed by atoms with Crippen molar-refractivity contribution in [2.45, 2.75) is 40.2 Å². The second-order valence-corrected chi connectivity index (χ2v) is 8.57. The summed E-state index contributed by atoms with van der Waals surface area (Å²) in [5.74, 6) is 1.40. The molecule has 0 amide bonds. The first-order chi connectivity index (χ1) is 15.0. The van der Waals surface area contributed by atoms with Crippen LogP contribution in [0.3, 0.4) is 0 Å². The highest BCUT2D eigenvalue weighted by Gasteiger charge is 2.19. The number of nitrogens with zero attached hydrogens (tertiary/aromatic N) is 5. The number of methoxy groups -OCH3 is 1. The minimum Gasteiger partial charge on any atom is -0.494 e. The van der Waals surface area contributed by atoms with Crippen LogP contribution >= 0.6 is 0 Å². The van der Waals surface area contributed by atoms with E-state index >= 15 is 0 Å². The van der Waals surface area contributed by atoms with E-state index in [4.69, 9.17) is 9.47 Å². The summed E-state index contributed by atoms with van der Waals surface area (Å²) in [6.07, 6.45) is 3.68. The van der Waals surface area contributed by atoms with Gasteiger partial charge in [0.1, 0.15) is 23.7 Å². The molecule has 0 spiro atoms. The highest BCUT2D eigenvalue weighted by Crippen LogP contribution is 2.28. The van der Waals surface area contributed by atoms with Crippen LogP contribution in [0, 0.1) is 13.8 Å². The Labute approximate surface area is 188 Å². The lowest BCUT2D eigenvalue weighted by atomic mass is 10.2. The molecule has 170 valence electrons. The van der Waals surface area contributed by atoms with E-state index in [-0.39, 0.29) is 12.5 Å². The van der Waals surface area contributed by atoms with E-state index in [1.165, 1.54) is 0 Å². The molecule has 0 radical (unpaired) electrons. The molecule has 0 saturated carbocycles. The molecule has 0 fully saturated rings. The van der Waals surface area contributed by atoms with Crippen LogP contribution in [0.4, 0.5) is 17.5 Å². The molecule has 32 heavy (non-hydrogen) atoms. The Bertz CT molecular complexity index is 1100. The standard InChI is InChI=1S/C23H30N6O3/c1-15-10-20(28(6)13-21(30)32-23(3,4)5)27-22(25-15)26-17-8-9-18(19(11-17)31-7)29-12-16(2)24-14-29/h8-12,14H,13H2,1-7H3,(H,25,26,27). The van der Waals surface area contributed by atoms with Crippen molar-refractivity contribution < 1.29 is 14.3 Å². The molecule has 9 heteroatoms. The Kier molecular flexibility index (Phi) is 6.67. The number of rotatable bonds is 7. The molecule has 3 aromatic rings. The molecule has 0 saturated heterocycles. The Balaban J connectivity index is 1.79. The average Bonchev–Trinajstić information content (AvgIpc) is 3.12. The third kappa shape index (κ3) is 5.96. The van der Waals surface area contributed by atoms with Gasteiger partial charge in [-0.25, -0.2) is 9.97 Å². The van der Waals surface area contributed by atoms with Crippen LogP contribution in [-0.4, -0.2) is 51.8 Å². The molecule has 2 heterocycles. The summed E-state index contributed by atoms with van der Waals surface area (Å²) in [5.41, 5.74) is 2.80. The van der Waals surface area contributed by atoms with Crippen LogP contribution in [0.5, 0.6) is 5.75 Å². The van der Waals surface area contributed by atoms with Crippen LogP contribution < -0.4 is 15.0 Å². The molecule has 9 nitrogen and oxygen atoms in total. The summed E-state index contributed by atoms with van der Waals surface area (Å²) in [6, 6.07) is 7.55. The van der Waals surface area contributed by atoms with Gasteiger partial charge in [-0.1, -0.05) is 0 Å². The van der Waals surface area contributed by atoms with Gasteiger partial charge < -0.3 is 24.3 Å². The third-order valence-corrected chi connectivity index (χ3v) is 4.44. The van der Waals surface area contributed by atoms with Crippen molar-refractivity contribution in [3.05, 3.63) is 48.2 Å². The number of ether oxygens (including phenoxy) is 2. The Hall–Kier alpha value is -3.62. The lowest BCUT2D eigenvalue weighted by Gasteiger charge is -2.23. The SMILES string of the molecule is COc1cc(Nc2nc(C)cc(N(C)CC(=O)OC(C)(C)C)n2)ccc1-n1cnc(C)c1. The molecule has 0 bridgehead atoms. The zero-order valence-corrected chi connectivity index (χ0v) is 19.6. The van der Waals surface area contributed by atoms with Crippen molar-refractivity contribution in [3.63, 3.8) is 0 Å². The van der Waals surface area contributed by atoms with E-state index in [1.807, 2.05) is 69.6 Å². The van der Waals surface area contributed by atoms with Crippen molar-refractivity contribution in [1.82, 2.24) is 19.5 Å². The van der Waals surface area contributed by atoms with E-state index in [1.54, 1.807) is 25.4 Å². The quantitative estimate of drug-likeness (QED) is 0.557. The first-order valence-corrected chi connectivity index (χ1v) is 10.3. The van der Waals surface area contributed by atoms with Crippen molar-refractivity contribution in [2.75, 3.05) is 30.9 Å². The highest BCUT2D eigenvalue weighted by atomic mass is 16.6. The molecule has 0 aliphatic carbocycles. The summed E-state index contributed by atoms with van der Waals surface area (Å²) in [6.45, 7) is 9.42. The first kappa shape index (κ1) is 23.1. The number of likely N-dealkylation sites (N-methyl/N-ethyl adjacent to an activating group) is 1. The molecule has 2 aromatic heterocycles. The fourth-order valence-corrected chi connectivity index (χ4v) is 3.10. The van der Waals surface area contributed by atoms with Gasteiger partial charge in [-0.05, 0) is 46.8 Å². The normalized spacial score (nSPS) is 11.2. The lowest BCUT2D eigenvalue weighted by Crippen LogP contribution is -2.33. The smallest absolute Gasteiger partial charge is 0.326 e.